The zero-order chi connectivity index (χ0) is 17.3. The van der Waals surface area contributed by atoms with E-state index >= 15 is 0 Å². The molecule has 24 heavy (non-hydrogen) atoms. The number of esters is 1. The number of carbonyl (C=O) groups is 1. The first-order valence-electron chi connectivity index (χ1n) is 8.33. The van der Waals surface area contributed by atoms with Crippen molar-refractivity contribution in [2.24, 2.45) is 0 Å². The Morgan fingerprint density at radius 3 is 2.75 bits per heavy atom. The highest BCUT2D eigenvalue weighted by molar-refractivity contribution is 6.31. The number of morpholine rings is 1. The van der Waals surface area contributed by atoms with Crippen molar-refractivity contribution in [3.8, 4) is 0 Å². The fourth-order valence-electron chi connectivity index (χ4n) is 3.41. The van der Waals surface area contributed by atoms with Gasteiger partial charge in [-0.2, -0.15) is 0 Å². The molecule has 0 aliphatic carbocycles. The highest BCUT2D eigenvalue weighted by atomic mass is 35.5. The average molecular weight is 351 g/mol. The number of ether oxygens (including phenoxy) is 2. The van der Waals surface area contributed by atoms with Crippen LogP contribution >= 0.6 is 11.6 Å². The number of halogens is 1. The summed E-state index contributed by atoms with van der Waals surface area (Å²) >= 11 is 6.22. The Morgan fingerprint density at radius 2 is 2.08 bits per heavy atom. The van der Waals surface area contributed by atoms with Crippen molar-refractivity contribution >= 4 is 23.1 Å². The molecule has 1 unspecified atom stereocenters. The Balaban J connectivity index is 2.12. The quantitative estimate of drug-likeness (QED) is 0.792. The van der Waals surface area contributed by atoms with E-state index in [1.165, 1.54) is 0 Å². The fraction of sp³-hybridized carbons (Fsp3) is 0.500. The first-order valence-corrected chi connectivity index (χ1v) is 8.70. The number of nitrogens with zero attached hydrogens (tertiary/aromatic N) is 2. The van der Waals surface area contributed by atoms with Crippen LogP contribution in [0.25, 0.3) is 5.52 Å². The van der Waals surface area contributed by atoms with Crippen molar-refractivity contribution in [1.82, 2.24) is 9.30 Å². The van der Waals surface area contributed by atoms with Gasteiger partial charge in [0.05, 0.1) is 30.4 Å². The summed E-state index contributed by atoms with van der Waals surface area (Å²) < 4.78 is 12.8. The molecule has 1 aliphatic heterocycles. The SMILES string of the molecule is CCOC(=O)c1cc2cc(Cl)cn2c(C(C)N2CCOCC2)c1C. The van der Waals surface area contributed by atoms with Gasteiger partial charge in [0.2, 0.25) is 0 Å². The van der Waals surface area contributed by atoms with Gasteiger partial charge in [0.25, 0.3) is 0 Å². The summed E-state index contributed by atoms with van der Waals surface area (Å²) in [7, 11) is 0. The normalized spacial score (nSPS) is 17.2. The van der Waals surface area contributed by atoms with Crippen molar-refractivity contribution in [2.75, 3.05) is 32.9 Å². The van der Waals surface area contributed by atoms with Gasteiger partial charge in [-0.25, -0.2) is 4.79 Å². The zero-order valence-electron chi connectivity index (χ0n) is 14.3. The highest BCUT2D eigenvalue weighted by Gasteiger charge is 2.25. The van der Waals surface area contributed by atoms with E-state index in [0.717, 1.165) is 43.1 Å². The molecule has 6 heteroatoms. The van der Waals surface area contributed by atoms with Gasteiger partial charge in [0, 0.05) is 36.5 Å². The number of pyridine rings is 1. The fourth-order valence-corrected chi connectivity index (χ4v) is 3.62. The molecular formula is C18H23ClN2O3. The molecule has 0 amide bonds. The lowest BCUT2D eigenvalue weighted by atomic mass is 10.0. The summed E-state index contributed by atoms with van der Waals surface area (Å²) in [4.78, 5) is 14.7. The molecule has 0 aromatic carbocycles. The molecule has 2 aromatic heterocycles. The van der Waals surface area contributed by atoms with E-state index in [-0.39, 0.29) is 12.0 Å². The maximum absolute atomic E-state index is 12.4. The van der Waals surface area contributed by atoms with Gasteiger partial charge in [-0.05, 0) is 38.5 Å². The minimum Gasteiger partial charge on any atom is -0.462 e. The Kier molecular flexibility index (Phi) is 5.13. The predicted octanol–water partition coefficient (Wildman–Crippen LogP) is 3.47. The maximum atomic E-state index is 12.4. The second-order valence-corrected chi connectivity index (χ2v) is 6.50. The van der Waals surface area contributed by atoms with Gasteiger partial charge in [-0.3, -0.25) is 4.90 Å². The van der Waals surface area contributed by atoms with E-state index in [9.17, 15) is 4.79 Å². The third-order valence-corrected chi connectivity index (χ3v) is 4.85. The smallest absolute Gasteiger partial charge is 0.338 e. The molecule has 0 bridgehead atoms. The minimum atomic E-state index is -0.287. The topological polar surface area (TPSA) is 43.2 Å². The lowest BCUT2D eigenvalue weighted by Gasteiger charge is -2.34. The van der Waals surface area contributed by atoms with Crippen LogP contribution in [0.3, 0.4) is 0 Å². The molecule has 1 aliphatic rings. The number of carbonyl (C=O) groups excluding carboxylic acids is 1. The van der Waals surface area contributed by atoms with E-state index < -0.39 is 0 Å². The van der Waals surface area contributed by atoms with Crippen molar-refractivity contribution < 1.29 is 14.3 Å². The van der Waals surface area contributed by atoms with Gasteiger partial charge in [-0.15, -0.1) is 0 Å². The summed E-state index contributed by atoms with van der Waals surface area (Å²) in [5.74, 6) is -0.287. The van der Waals surface area contributed by atoms with Crippen LogP contribution in [0.1, 0.15) is 41.5 Å². The number of fused-ring (bicyclic) bond motifs is 1. The molecule has 1 saturated heterocycles. The van der Waals surface area contributed by atoms with E-state index in [0.29, 0.717) is 17.2 Å². The van der Waals surface area contributed by atoms with Crippen LogP contribution in [0.5, 0.6) is 0 Å². The molecule has 130 valence electrons. The second kappa shape index (κ2) is 7.13. The third kappa shape index (κ3) is 3.16. The minimum absolute atomic E-state index is 0.147. The Hall–Kier alpha value is -1.56. The van der Waals surface area contributed by atoms with Crippen LogP contribution in [0, 0.1) is 6.92 Å². The molecule has 0 spiro atoms. The average Bonchev–Trinajstić information content (AvgIpc) is 2.94. The Morgan fingerprint density at radius 1 is 1.38 bits per heavy atom. The summed E-state index contributed by atoms with van der Waals surface area (Å²) in [5.41, 5.74) is 3.52. The van der Waals surface area contributed by atoms with Gasteiger partial charge in [0.1, 0.15) is 0 Å². The van der Waals surface area contributed by atoms with Gasteiger partial charge < -0.3 is 13.9 Å². The lowest BCUT2D eigenvalue weighted by molar-refractivity contribution is 0.0186. The standard InChI is InChI=1S/C18H23ClN2O3/c1-4-24-18(22)16-10-15-9-14(19)11-21(15)17(12(16)2)13(3)20-5-7-23-8-6-20/h9-11,13H,4-8H2,1-3H3. The predicted molar refractivity (Wildman–Crippen MR) is 93.9 cm³/mol. The van der Waals surface area contributed by atoms with Crippen molar-refractivity contribution in [3.63, 3.8) is 0 Å². The van der Waals surface area contributed by atoms with E-state index in [2.05, 4.69) is 16.2 Å². The zero-order valence-corrected chi connectivity index (χ0v) is 15.1. The van der Waals surface area contributed by atoms with Crippen LogP contribution in [-0.2, 0) is 9.47 Å². The molecule has 3 rings (SSSR count). The molecule has 5 nitrogen and oxygen atoms in total. The number of hydrogen-bond acceptors (Lipinski definition) is 4. The number of rotatable bonds is 4. The first kappa shape index (κ1) is 17.3. The Labute approximate surface area is 147 Å². The highest BCUT2D eigenvalue weighted by Crippen LogP contribution is 2.30. The monoisotopic (exact) mass is 350 g/mol. The van der Waals surface area contributed by atoms with Crippen molar-refractivity contribution in [3.05, 3.63) is 40.2 Å². The summed E-state index contributed by atoms with van der Waals surface area (Å²) in [6, 6.07) is 3.88. The van der Waals surface area contributed by atoms with Crippen molar-refractivity contribution in [1.29, 1.82) is 0 Å². The van der Waals surface area contributed by atoms with Crippen LogP contribution in [-0.4, -0.2) is 48.2 Å². The van der Waals surface area contributed by atoms with Gasteiger partial charge in [-0.1, -0.05) is 11.6 Å². The first-order chi connectivity index (χ1) is 11.5. The maximum Gasteiger partial charge on any atom is 0.338 e. The summed E-state index contributed by atoms with van der Waals surface area (Å²) in [5, 5.41) is 0.658. The van der Waals surface area contributed by atoms with E-state index in [1.54, 1.807) is 0 Å². The molecule has 0 radical (unpaired) electrons. The van der Waals surface area contributed by atoms with Crippen LogP contribution < -0.4 is 0 Å². The molecule has 1 fully saturated rings. The number of aromatic nitrogens is 1. The van der Waals surface area contributed by atoms with Gasteiger partial charge in [0.15, 0.2) is 0 Å². The van der Waals surface area contributed by atoms with Crippen LogP contribution in [0.15, 0.2) is 18.3 Å². The lowest BCUT2D eigenvalue weighted by Crippen LogP contribution is -2.39. The summed E-state index contributed by atoms with van der Waals surface area (Å²) in [6.07, 6.45) is 1.91. The summed E-state index contributed by atoms with van der Waals surface area (Å²) in [6.45, 7) is 9.53. The molecule has 1 atom stereocenters. The molecule has 0 saturated carbocycles. The third-order valence-electron chi connectivity index (χ3n) is 4.64. The van der Waals surface area contributed by atoms with Crippen LogP contribution in [0.2, 0.25) is 5.02 Å². The molecule has 3 heterocycles. The molecule has 2 aromatic rings. The van der Waals surface area contributed by atoms with Crippen molar-refractivity contribution in [2.45, 2.75) is 26.8 Å². The number of hydrogen-bond donors (Lipinski definition) is 0. The molecular weight excluding hydrogens is 328 g/mol. The Bertz CT molecular complexity index is 750. The van der Waals surface area contributed by atoms with Gasteiger partial charge >= 0.3 is 5.97 Å². The van der Waals surface area contributed by atoms with E-state index in [4.69, 9.17) is 21.1 Å². The largest absolute Gasteiger partial charge is 0.462 e. The second-order valence-electron chi connectivity index (χ2n) is 6.07. The van der Waals surface area contributed by atoms with E-state index in [1.807, 2.05) is 32.2 Å². The van der Waals surface area contributed by atoms with Crippen LogP contribution in [0.4, 0.5) is 0 Å². The molecule has 0 N–H and O–H groups in total.